The van der Waals surface area contributed by atoms with Crippen molar-refractivity contribution in [3.05, 3.63) is 38.5 Å². The topological polar surface area (TPSA) is 123 Å². The molecule has 1 aliphatic heterocycles. The van der Waals surface area contributed by atoms with Gasteiger partial charge in [0.2, 0.25) is 23.0 Å². The van der Waals surface area contributed by atoms with Gasteiger partial charge in [0.25, 0.3) is 0 Å². The molecule has 0 spiro atoms. The molecule has 0 radical (unpaired) electrons. The van der Waals surface area contributed by atoms with Gasteiger partial charge in [-0.25, -0.2) is 9.97 Å². The number of halogens is 3. The van der Waals surface area contributed by atoms with E-state index in [1.54, 1.807) is 14.2 Å². The lowest BCUT2D eigenvalue weighted by molar-refractivity contribution is 0.330. The molecule has 0 unspecified atom stereocenters. The Morgan fingerprint density at radius 3 is 1.76 bits per heavy atom. The van der Waals surface area contributed by atoms with Gasteiger partial charge in [-0.2, -0.15) is 9.97 Å². The molecule has 2 N–H and O–H groups in total. The van der Waals surface area contributed by atoms with E-state index in [9.17, 15) is 0 Å². The van der Waals surface area contributed by atoms with E-state index in [-0.39, 0.29) is 5.28 Å². The number of aromatic nitrogens is 6. The highest BCUT2D eigenvalue weighted by atomic mass is 79.9. The lowest BCUT2D eigenvalue weighted by atomic mass is 10.1. The molecule has 1 saturated heterocycles. The van der Waals surface area contributed by atoms with Gasteiger partial charge in [-0.15, -0.1) is 0 Å². The summed E-state index contributed by atoms with van der Waals surface area (Å²) in [6.07, 6.45) is 3.62. The Morgan fingerprint density at radius 2 is 1.24 bits per heavy atom. The molecule has 6 aromatic rings. The van der Waals surface area contributed by atoms with Crippen LogP contribution in [0, 0.1) is 0 Å². The molecule has 14 heteroatoms. The number of nitrogens with zero attached hydrogens (tertiary/aromatic N) is 5. The minimum atomic E-state index is 0.145. The molecule has 7 rings (SSSR count). The van der Waals surface area contributed by atoms with Crippen LogP contribution in [0.5, 0.6) is 23.3 Å². The first-order chi connectivity index (χ1) is 21.8. The van der Waals surface area contributed by atoms with Crippen molar-refractivity contribution in [2.24, 2.45) is 0 Å². The molecule has 5 heterocycles. The number of hydrogen-bond donors (Lipinski definition) is 2. The van der Waals surface area contributed by atoms with E-state index in [2.05, 4.69) is 56.7 Å². The fourth-order valence-corrected chi connectivity index (χ4v) is 6.62. The van der Waals surface area contributed by atoms with Crippen LogP contribution in [-0.4, -0.2) is 70.4 Å². The summed E-state index contributed by atoms with van der Waals surface area (Å²) in [5, 5.41) is 1.96. The molecule has 4 aromatic heterocycles. The van der Waals surface area contributed by atoms with Gasteiger partial charge < -0.3 is 33.8 Å². The Hall–Kier alpha value is -3.55. The summed E-state index contributed by atoms with van der Waals surface area (Å²) in [4.78, 5) is 26.9. The zero-order valence-electron chi connectivity index (χ0n) is 25.3. The Morgan fingerprint density at radius 1 is 0.733 bits per heavy atom. The summed E-state index contributed by atoms with van der Waals surface area (Å²) in [5.41, 5.74) is 4.89. The average molecular weight is 762 g/mol. The zero-order chi connectivity index (χ0) is 31.7. The molecule has 2 aromatic carbocycles. The highest BCUT2D eigenvalue weighted by Crippen LogP contribution is 2.39. The minimum absolute atomic E-state index is 0.145. The third-order valence-corrected chi connectivity index (χ3v) is 8.56. The molecular weight excluding hydrogens is 730 g/mol. The van der Waals surface area contributed by atoms with E-state index in [0.29, 0.717) is 41.8 Å². The van der Waals surface area contributed by atoms with Gasteiger partial charge in [0.1, 0.15) is 33.6 Å². The van der Waals surface area contributed by atoms with Crippen LogP contribution in [0.3, 0.4) is 0 Å². The van der Waals surface area contributed by atoms with Crippen LogP contribution in [0.15, 0.2) is 33.2 Å². The number of ether oxygens (including phenoxy) is 4. The first kappa shape index (κ1) is 31.4. The van der Waals surface area contributed by atoms with Gasteiger partial charge >= 0.3 is 0 Å². The largest absolute Gasteiger partial charge is 0.496 e. The van der Waals surface area contributed by atoms with Crippen LogP contribution in [0.1, 0.15) is 33.1 Å². The molecule has 11 nitrogen and oxygen atoms in total. The van der Waals surface area contributed by atoms with Crippen LogP contribution in [0.2, 0.25) is 5.28 Å². The zero-order valence-corrected chi connectivity index (χ0v) is 29.2. The lowest BCUT2D eigenvalue weighted by Crippen LogP contribution is -2.31. The summed E-state index contributed by atoms with van der Waals surface area (Å²) in [5.74, 6) is 3.26. The van der Waals surface area contributed by atoms with Crippen molar-refractivity contribution in [2.75, 3.05) is 45.4 Å². The van der Waals surface area contributed by atoms with Crippen LogP contribution >= 0.6 is 43.5 Å². The van der Waals surface area contributed by atoms with Gasteiger partial charge in [-0.05, 0) is 69.0 Å². The minimum Gasteiger partial charge on any atom is -0.496 e. The molecule has 0 saturated carbocycles. The Balaban J connectivity index is 0.000000163. The number of nitrogens with one attached hydrogen (secondary N) is 2. The molecular formula is C31H32Br2ClN7O4. The van der Waals surface area contributed by atoms with Gasteiger partial charge in [0.15, 0.2) is 0 Å². The maximum absolute atomic E-state index is 5.98. The first-order valence-corrected chi connectivity index (χ1v) is 16.6. The molecule has 236 valence electrons. The third-order valence-electron chi connectivity index (χ3n) is 7.48. The summed E-state index contributed by atoms with van der Waals surface area (Å²) < 4.78 is 24.2. The second-order valence-corrected chi connectivity index (χ2v) is 12.5. The third kappa shape index (κ3) is 6.17. The number of anilines is 1. The van der Waals surface area contributed by atoms with E-state index in [1.165, 1.54) is 19.3 Å². The fraction of sp³-hybridized carbons (Fsp3) is 0.355. The number of aromatic amines is 2. The van der Waals surface area contributed by atoms with Crippen molar-refractivity contribution in [1.82, 2.24) is 29.9 Å². The maximum atomic E-state index is 5.98. The van der Waals surface area contributed by atoms with Gasteiger partial charge in [0, 0.05) is 22.0 Å². The summed E-state index contributed by atoms with van der Waals surface area (Å²) in [7, 11) is 3.29. The molecule has 0 aliphatic carbocycles. The standard InChI is InChI=1S/C18H21BrN4O2.C13H11BrClN3O2/c1-3-25-17-16-15(21-18(22-17)23-7-5-4-6-8-23)14-12(20-16)9-11(19)10-13(14)24-2;1-3-20-12-11-10(17-13(15)18-12)9-7(16-11)4-6(14)5-8(9)19-2/h9-10,20H,3-8H2,1-2H3;4-5,16H,3H2,1-2H3. The van der Waals surface area contributed by atoms with E-state index in [1.807, 2.05) is 38.1 Å². The van der Waals surface area contributed by atoms with Crippen molar-refractivity contribution in [2.45, 2.75) is 33.1 Å². The summed E-state index contributed by atoms with van der Waals surface area (Å²) in [6, 6.07) is 7.81. The number of benzene rings is 2. The van der Waals surface area contributed by atoms with E-state index >= 15 is 0 Å². The highest BCUT2D eigenvalue weighted by Gasteiger charge is 2.22. The normalized spacial score (nSPS) is 13.4. The number of piperidine rings is 1. The van der Waals surface area contributed by atoms with E-state index in [4.69, 9.17) is 40.5 Å². The maximum Gasteiger partial charge on any atom is 0.243 e. The average Bonchev–Trinajstić information content (AvgIpc) is 3.59. The molecule has 0 bridgehead atoms. The number of H-pyrrole nitrogens is 2. The second-order valence-electron chi connectivity index (χ2n) is 10.3. The Bertz CT molecular complexity index is 2010. The van der Waals surface area contributed by atoms with Crippen molar-refractivity contribution in [1.29, 1.82) is 0 Å². The predicted molar refractivity (Wildman–Crippen MR) is 185 cm³/mol. The number of methoxy groups -OCH3 is 2. The summed E-state index contributed by atoms with van der Waals surface area (Å²) >= 11 is 13.0. The lowest BCUT2D eigenvalue weighted by Gasteiger charge is -2.26. The monoisotopic (exact) mass is 759 g/mol. The first-order valence-electron chi connectivity index (χ1n) is 14.6. The smallest absolute Gasteiger partial charge is 0.243 e. The number of fused-ring (bicyclic) bond motifs is 6. The second kappa shape index (κ2) is 13.4. The van der Waals surface area contributed by atoms with Crippen molar-refractivity contribution < 1.29 is 18.9 Å². The van der Waals surface area contributed by atoms with Crippen molar-refractivity contribution in [3.8, 4) is 23.3 Å². The van der Waals surface area contributed by atoms with E-state index in [0.717, 1.165) is 66.6 Å². The van der Waals surface area contributed by atoms with E-state index < -0.39 is 0 Å². The van der Waals surface area contributed by atoms with Crippen LogP contribution < -0.4 is 23.8 Å². The number of hydrogen-bond acceptors (Lipinski definition) is 9. The SMILES string of the molecule is CCOc1nc(Cl)nc2c1[nH]c1cc(Br)cc(OC)c12.CCOc1nc(N2CCCCC2)nc2c1[nH]c1cc(Br)cc(OC)c12. The van der Waals surface area contributed by atoms with Crippen LogP contribution in [0.4, 0.5) is 5.95 Å². The number of rotatable bonds is 7. The molecule has 45 heavy (non-hydrogen) atoms. The Labute approximate surface area is 281 Å². The summed E-state index contributed by atoms with van der Waals surface area (Å²) in [6.45, 7) is 6.89. The van der Waals surface area contributed by atoms with Crippen molar-refractivity contribution in [3.63, 3.8) is 0 Å². The molecule has 1 fully saturated rings. The van der Waals surface area contributed by atoms with Crippen LogP contribution in [0.25, 0.3) is 43.9 Å². The van der Waals surface area contributed by atoms with Gasteiger partial charge in [0.05, 0.1) is 49.2 Å². The molecule has 1 aliphatic rings. The predicted octanol–water partition coefficient (Wildman–Crippen LogP) is 8.21. The van der Waals surface area contributed by atoms with Crippen LogP contribution in [-0.2, 0) is 0 Å². The Kier molecular flexibility index (Phi) is 9.39. The highest BCUT2D eigenvalue weighted by molar-refractivity contribution is 9.10. The molecule has 0 amide bonds. The quantitative estimate of drug-likeness (QED) is 0.155. The van der Waals surface area contributed by atoms with Gasteiger partial charge in [-0.3, -0.25) is 0 Å². The fourth-order valence-electron chi connectivity index (χ4n) is 5.59. The molecule has 0 atom stereocenters. The van der Waals surface area contributed by atoms with Crippen molar-refractivity contribution >= 4 is 93.3 Å². The van der Waals surface area contributed by atoms with Gasteiger partial charge in [-0.1, -0.05) is 31.9 Å².